The third-order valence-corrected chi connectivity index (χ3v) is 28.2. The lowest BCUT2D eigenvalue weighted by molar-refractivity contribution is 0.488. The van der Waals surface area contributed by atoms with Crippen molar-refractivity contribution in [3.63, 3.8) is 0 Å². The zero-order valence-corrected chi connectivity index (χ0v) is 42.4. The molecule has 2 saturated carbocycles. The summed E-state index contributed by atoms with van der Waals surface area (Å²) in [5.41, 5.74) is 8.09. The number of fused-ring (bicyclic) bond motifs is 4. The first-order valence-electron chi connectivity index (χ1n) is 25.0. The average Bonchev–Trinajstić information content (AvgIpc) is 4.12. The minimum Gasteiger partial charge on any atom is -0.457 e. The van der Waals surface area contributed by atoms with Crippen molar-refractivity contribution in [2.75, 3.05) is 0 Å². The number of rotatable bonds is 8. The van der Waals surface area contributed by atoms with Crippen LogP contribution in [0.15, 0.2) is 182 Å². The van der Waals surface area contributed by atoms with Gasteiger partial charge in [-0.1, -0.05) is 222 Å². The van der Waals surface area contributed by atoms with Crippen molar-refractivity contribution in [1.29, 1.82) is 0 Å². The maximum atomic E-state index is 7.14. The number of ether oxygens (including phenoxy) is 2. The first-order chi connectivity index (χ1) is 32.7. The second kappa shape index (κ2) is 16.7. The molecule has 2 fully saturated rings. The van der Waals surface area contributed by atoms with Gasteiger partial charge in [0.25, 0.3) is 0 Å². The molecule has 0 atom stereocenters. The first kappa shape index (κ1) is 42.4. The Balaban J connectivity index is 1.14. The predicted molar refractivity (Wildman–Crippen MR) is 290 cm³/mol. The van der Waals surface area contributed by atoms with E-state index < -0.39 is 24.2 Å². The Bertz CT molecular complexity index is 2950. The smallest absolute Gasteiger partial charge is 0.179 e. The fraction of sp³-hybridized carbons (Fsp3) is 0.226. The van der Waals surface area contributed by atoms with Crippen molar-refractivity contribution in [2.24, 2.45) is 0 Å². The van der Waals surface area contributed by atoms with Crippen LogP contribution in [0.1, 0.15) is 74.3 Å². The molecule has 5 heteroatoms. The highest BCUT2D eigenvalue weighted by atomic mass is 28.3. The van der Waals surface area contributed by atoms with E-state index in [-0.39, 0.29) is 0 Å². The van der Waals surface area contributed by atoms with Crippen molar-refractivity contribution in [3.05, 3.63) is 193 Å². The summed E-state index contributed by atoms with van der Waals surface area (Å²) in [6, 6.07) is 70.2. The average molecular weight is 921 g/mol. The van der Waals surface area contributed by atoms with Crippen LogP contribution in [0.2, 0.25) is 26.2 Å². The van der Waals surface area contributed by atoms with E-state index in [4.69, 9.17) is 9.47 Å². The molecule has 332 valence electrons. The minimum absolute atomic E-state index is 0.519. The van der Waals surface area contributed by atoms with Crippen molar-refractivity contribution in [1.82, 2.24) is 0 Å². The lowest BCUT2D eigenvalue weighted by Crippen LogP contribution is -2.74. The Kier molecular flexibility index (Phi) is 10.5. The molecule has 8 aromatic carbocycles. The van der Waals surface area contributed by atoms with Gasteiger partial charge >= 0.3 is 0 Å². The largest absolute Gasteiger partial charge is 0.457 e. The van der Waals surface area contributed by atoms with Crippen LogP contribution in [0, 0.1) is 0 Å². The summed E-state index contributed by atoms with van der Waals surface area (Å²) < 4.78 is 14.3. The van der Waals surface area contributed by atoms with E-state index in [1.54, 1.807) is 0 Å². The second-order valence-corrected chi connectivity index (χ2v) is 33.3. The Morgan fingerprint density at radius 1 is 0.358 bits per heavy atom. The molecule has 67 heavy (non-hydrogen) atoms. The molecule has 0 spiro atoms. The van der Waals surface area contributed by atoms with Gasteiger partial charge in [0.05, 0.1) is 0 Å². The molecule has 0 aromatic heterocycles. The monoisotopic (exact) mass is 920 g/mol. The Labute approximate surface area is 400 Å². The topological polar surface area (TPSA) is 18.5 Å². The van der Waals surface area contributed by atoms with E-state index in [0.29, 0.717) is 11.8 Å². The van der Waals surface area contributed by atoms with Crippen molar-refractivity contribution in [3.8, 4) is 45.3 Å². The summed E-state index contributed by atoms with van der Waals surface area (Å²) in [6.07, 6.45) is 10.0. The quantitative estimate of drug-likeness (QED) is 0.112. The van der Waals surface area contributed by atoms with E-state index in [0.717, 1.165) is 23.0 Å². The van der Waals surface area contributed by atoms with E-state index >= 15 is 0 Å². The third kappa shape index (κ3) is 6.83. The summed E-state index contributed by atoms with van der Waals surface area (Å²) in [7, 11) is -7.20. The van der Waals surface area contributed by atoms with E-state index in [1.807, 2.05) is 0 Å². The fourth-order valence-corrected chi connectivity index (χ4v) is 23.4. The molecule has 0 N–H and O–H groups in total. The number of hydrogen-bond acceptors (Lipinski definition) is 2. The van der Waals surface area contributed by atoms with Gasteiger partial charge in [0.1, 0.15) is 39.1 Å². The standard InChI is InChI=1S/C62H60O2Si3/c1-65(2)57-33-17-15-31-55(57)63-61-51(29-19-35-59(61)65)53-41-47(37-39-49(53)43-21-11-12-22-43)67(45-25-7-5-8-26-45,46-27-9-6-10-28-46)48-38-40-50(44-23-13-14-24-44)54(42-48)52-30-20-36-60-62(52)64-56-32-16-18-34-58(56)66(60,3)4/h5-10,15-20,25-44H,11-14,21-24H2,1-4H3. The van der Waals surface area contributed by atoms with Gasteiger partial charge in [-0.15, -0.1) is 0 Å². The highest BCUT2D eigenvalue weighted by Crippen LogP contribution is 2.46. The molecule has 4 aliphatic rings. The minimum atomic E-state index is -3.06. The third-order valence-electron chi connectivity index (χ3n) is 16.5. The number of benzene rings is 8. The van der Waals surface area contributed by atoms with Gasteiger partial charge in [-0.25, -0.2) is 0 Å². The highest BCUT2D eigenvalue weighted by Gasteiger charge is 2.45. The Morgan fingerprint density at radius 3 is 1.15 bits per heavy atom. The Hall–Kier alpha value is -5.99. The Morgan fingerprint density at radius 2 is 0.731 bits per heavy atom. The van der Waals surface area contributed by atoms with Crippen LogP contribution >= 0.6 is 0 Å². The van der Waals surface area contributed by atoms with Crippen molar-refractivity contribution in [2.45, 2.75) is 89.4 Å². The summed E-state index contributed by atoms with van der Waals surface area (Å²) in [4.78, 5) is 0. The van der Waals surface area contributed by atoms with Crippen LogP contribution in [0.3, 0.4) is 0 Å². The van der Waals surface area contributed by atoms with Gasteiger partial charge in [0.15, 0.2) is 8.07 Å². The molecule has 0 amide bonds. The summed E-state index contributed by atoms with van der Waals surface area (Å²) >= 11 is 0. The molecule has 8 aromatic rings. The van der Waals surface area contributed by atoms with E-state index in [1.165, 1.54) is 126 Å². The molecule has 2 heterocycles. The van der Waals surface area contributed by atoms with E-state index in [2.05, 4.69) is 208 Å². The van der Waals surface area contributed by atoms with Gasteiger partial charge in [-0.3, -0.25) is 0 Å². The van der Waals surface area contributed by atoms with Gasteiger partial charge in [0, 0.05) is 11.1 Å². The first-order valence-corrected chi connectivity index (χ1v) is 33.0. The fourth-order valence-electron chi connectivity index (χ4n) is 13.0. The lowest BCUT2D eigenvalue weighted by Gasteiger charge is -2.37. The molecule has 0 unspecified atom stereocenters. The summed E-state index contributed by atoms with van der Waals surface area (Å²) in [5, 5.41) is 11.1. The van der Waals surface area contributed by atoms with Gasteiger partial charge < -0.3 is 9.47 Å². The molecule has 12 rings (SSSR count). The van der Waals surface area contributed by atoms with Crippen LogP contribution in [-0.2, 0) is 0 Å². The second-order valence-electron chi connectivity index (χ2n) is 20.9. The number of hydrogen-bond donors (Lipinski definition) is 0. The van der Waals surface area contributed by atoms with Gasteiger partial charge in [0.2, 0.25) is 0 Å². The normalized spacial score (nSPS) is 17.1. The maximum Gasteiger partial charge on any atom is 0.179 e. The molecule has 2 aliphatic heterocycles. The van der Waals surface area contributed by atoms with E-state index in [9.17, 15) is 0 Å². The molecular weight excluding hydrogens is 861 g/mol. The lowest BCUT2D eigenvalue weighted by atomic mass is 9.89. The molecular formula is C62H60O2Si3. The predicted octanol–water partition coefficient (Wildman–Crippen LogP) is 11.6. The summed E-state index contributed by atoms with van der Waals surface area (Å²) in [5.74, 6) is 5.20. The zero-order valence-electron chi connectivity index (χ0n) is 39.4. The molecule has 0 saturated heterocycles. The molecule has 0 radical (unpaired) electrons. The summed E-state index contributed by atoms with van der Waals surface area (Å²) in [6.45, 7) is 9.99. The molecule has 2 aliphatic carbocycles. The van der Waals surface area contributed by atoms with Gasteiger partial charge in [-0.2, -0.15) is 0 Å². The van der Waals surface area contributed by atoms with Crippen LogP contribution in [0.5, 0.6) is 23.0 Å². The van der Waals surface area contributed by atoms with Crippen LogP contribution < -0.4 is 51.0 Å². The molecule has 0 bridgehead atoms. The SMILES string of the molecule is C[Si]1(C)c2ccccc2Oc2c(-c3cc([Si](c4ccccc4)(c4ccccc4)c4ccc(C5CCCC5)c(-c5cccc6c5Oc5ccccc5[Si]6(C)C)c4)ccc3C3CCCC3)cccc21. The maximum absolute atomic E-state index is 7.14. The van der Waals surface area contributed by atoms with Crippen LogP contribution in [0.25, 0.3) is 22.3 Å². The molecule has 2 nitrogen and oxygen atoms in total. The number of para-hydroxylation sites is 4. The van der Waals surface area contributed by atoms with Crippen LogP contribution in [-0.4, -0.2) is 24.2 Å². The van der Waals surface area contributed by atoms with Crippen molar-refractivity contribution < 1.29 is 9.47 Å². The van der Waals surface area contributed by atoms with Crippen LogP contribution in [0.4, 0.5) is 0 Å². The van der Waals surface area contributed by atoms with Gasteiger partial charge in [-0.05, 0) is 113 Å². The highest BCUT2D eigenvalue weighted by molar-refractivity contribution is 7.20. The van der Waals surface area contributed by atoms with Crippen molar-refractivity contribution >= 4 is 65.7 Å². The zero-order chi connectivity index (χ0) is 45.3.